The van der Waals surface area contributed by atoms with Gasteiger partial charge in [-0.25, -0.2) is 4.98 Å². The number of aromatic nitrogens is 1. The molecule has 7 aromatic carbocycles. The van der Waals surface area contributed by atoms with E-state index >= 15 is 0 Å². The Bertz CT molecular complexity index is 2460. The zero-order valence-electron chi connectivity index (χ0n) is 24.4. The van der Waals surface area contributed by atoms with Gasteiger partial charge in [-0.15, -0.1) is 11.3 Å². The highest BCUT2D eigenvalue weighted by Crippen LogP contribution is 2.46. The van der Waals surface area contributed by atoms with Gasteiger partial charge in [-0.2, -0.15) is 0 Å². The lowest BCUT2D eigenvalue weighted by Gasteiger charge is -2.13. The molecule has 0 N–H and O–H groups in total. The van der Waals surface area contributed by atoms with E-state index in [1.165, 1.54) is 69.7 Å². The fraction of sp³-hybridized carbons (Fsp3) is 0. The van der Waals surface area contributed by atoms with Crippen molar-refractivity contribution in [1.29, 1.82) is 0 Å². The molecule has 0 radical (unpaired) electrons. The van der Waals surface area contributed by atoms with Crippen LogP contribution in [-0.2, 0) is 0 Å². The van der Waals surface area contributed by atoms with Crippen molar-refractivity contribution >= 4 is 53.2 Å². The lowest BCUT2D eigenvalue weighted by molar-refractivity contribution is 1.43. The quantitative estimate of drug-likeness (QED) is 0.186. The van der Waals surface area contributed by atoms with Crippen molar-refractivity contribution in [2.75, 3.05) is 0 Å². The molecule has 0 saturated carbocycles. The van der Waals surface area contributed by atoms with Gasteiger partial charge in [0.2, 0.25) is 0 Å². The Morgan fingerprint density at radius 3 is 1.64 bits per heavy atom. The molecule has 2 heterocycles. The molecule has 0 aliphatic carbocycles. The van der Waals surface area contributed by atoms with E-state index in [1.807, 2.05) is 11.3 Å². The molecule has 210 valence electrons. The summed E-state index contributed by atoms with van der Waals surface area (Å²) in [6.07, 6.45) is 0. The number of hydrogen-bond donors (Lipinski definition) is 0. The highest BCUT2D eigenvalue weighted by Gasteiger charge is 2.18. The molecule has 0 unspecified atom stereocenters. The first-order valence-corrected chi connectivity index (χ1v) is 16.1. The minimum absolute atomic E-state index is 1.03. The van der Waals surface area contributed by atoms with Crippen molar-refractivity contribution in [2.24, 2.45) is 0 Å². The van der Waals surface area contributed by atoms with E-state index < -0.39 is 0 Å². The van der Waals surface area contributed by atoms with Gasteiger partial charge in [0.05, 0.1) is 11.2 Å². The molecule has 45 heavy (non-hydrogen) atoms. The van der Waals surface area contributed by atoms with Crippen LogP contribution >= 0.6 is 11.3 Å². The largest absolute Gasteiger partial charge is 0.247 e. The van der Waals surface area contributed by atoms with Crippen molar-refractivity contribution < 1.29 is 0 Å². The monoisotopic (exact) mass is 589 g/mol. The summed E-state index contributed by atoms with van der Waals surface area (Å²) < 4.78 is 2.61. The Hall–Kier alpha value is -5.57. The lowest BCUT2D eigenvalue weighted by Crippen LogP contribution is -1.90. The minimum atomic E-state index is 1.03. The molecule has 9 aromatic rings. The third-order valence-electron chi connectivity index (χ3n) is 8.83. The summed E-state index contributed by atoms with van der Waals surface area (Å²) in [5.41, 5.74) is 10.6. The predicted octanol–water partition coefficient (Wildman–Crippen LogP) is 12.4. The predicted molar refractivity (Wildman–Crippen MR) is 194 cm³/mol. The molecule has 2 aromatic heterocycles. The Balaban J connectivity index is 1.35. The molecule has 0 aliphatic heterocycles. The highest BCUT2D eigenvalue weighted by atomic mass is 32.1. The average molecular weight is 590 g/mol. The van der Waals surface area contributed by atoms with E-state index in [4.69, 9.17) is 4.98 Å². The Kier molecular flexibility index (Phi) is 6.07. The number of thiophene rings is 1. The van der Waals surface area contributed by atoms with Crippen molar-refractivity contribution in [3.05, 3.63) is 164 Å². The van der Waals surface area contributed by atoms with Crippen LogP contribution in [0.25, 0.3) is 86.5 Å². The SMILES string of the molecule is c1ccc(-c2cc(-c3ccccc3)cc(-c3cccc4sc5c(ccc6c(-c7ccccc7)nc7ccccc7c65)c34)c2)cc1. The number of para-hydroxylation sites is 1. The van der Waals surface area contributed by atoms with Crippen LogP contribution in [0.5, 0.6) is 0 Å². The summed E-state index contributed by atoms with van der Waals surface area (Å²) in [5.74, 6) is 0. The second-order valence-corrected chi connectivity index (χ2v) is 12.6. The highest BCUT2D eigenvalue weighted by molar-refractivity contribution is 7.27. The summed E-state index contributed by atoms with van der Waals surface area (Å²) in [6.45, 7) is 0. The number of pyridine rings is 1. The van der Waals surface area contributed by atoms with E-state index in [0.717, 1.165) is 16.8 Å². The van der Waals surface area contributed by atoms with Gasteiger partial charge in [0.15, 0.2) is 0 Å². The number of hydrogen-bond acceptors (Lipinski definition) is 2. The van der Waals surface area contributed by atoms with Crippen LogP contribution in [-0.4, -0.2) is 4.98 Å². The number of fused-ring (bicyclic) bond motifs is 7. The fourth-order valence-corrected chi connectivity index (χ4v) is 8.04. The van der Waals surface area contributed by atoms with Crippen molar-refractivity contribution in [3.63, 3.8) is 0 Å². The van der Waals surface area contributed by atoms with Gasteiger partial charge in [0.1, 0.15) is 0 Å². The maximum absolute atomic E-state index is 5.18. The molecule has 9 rings (SSSR count). The average Bonchev–Trinajstić information content (AvgIpc) is 3.51. The van der Waals surface area contributed by atoms with Gasteiger partial charge in [-0.1, -0.05) is 133 Å². The third-order valence-corrected chi connectivity index (χ3v) is 10.0. The maximum atomic E-state index is 5.18. The van der Waals surface area contributed by atoms with Crippen LogP contribution in [0.1, 0.15) is 0 Å². The summed E-state index contributed by atoms with van der Waals surface area (Å²) in [5, 5.41) is 6.28. The standard InChI is InChI=1S/C43H27NS/c1-4-13-28(14-5-1)31-25-32(29-15-6-2-7-16-29)27-33(26-31)34-20-12-22-39-40(34)37-24-23-36-41(43(37)45-39)35-19-10-11-21-38(35)44-42(36)30-17-8-3-9-18-30/h1-27H. The van der Waals surface area contributed by atoms with Crippen LogP contribution in [0.2, 0.25) is 0 Å². The van der Waals surface area contributed by atoms with Gasteiger partial charge < -0.3 is 0 Å². The lowest BCUT2D eigenvalue weighted by atomic mass is 9.91. The van der Waals surface area contributed by atoms with Gasteiger partial charge >= 0.3 is 0 Å². The van der Waals surface area contributed by atoms with Gasteiger partial charge in [0.25, 0.3) is 0 Å². The van der Waals surface area contributed by atoms with Crippen LogP contribution in [0.15, 0.2) is 164 Å². The molecule has 2 heteroatoms. The summed E-state index contributed by atoms with van der Waals surface area (Å²) in [4.78, 5) is 5.18. The first-order valence-electron chi connectivity index (χ1n) is 15.3. The summed E-state index contributed by atoms with van der Waals surface area (Å²) in [7, 11) is 0. The molecule has 0 aliphatic rings. The maximum Gasteiger partial charge on any atom is 0.0788 e. The van der Waals surface area contributed by atoms with Gasteiger partial charge in [-0.3, -0.25) is 0 Å². The van der Waals surface area contributed by atoms with Crippen LogP contribution in [0, 0.1) is 0 Å². The van der Waals surface area contributed by atoms with Crippen LogP contribution in [0.3, 0.4) is 0 Å². The third kappa shape index (κ3) is 4.34. The van der Waals surface area contributed by atoms with Gasteiger partial charge in [-0.05, 0) is 63.7 Å². The first kappa shape index (κ1) is 25.9. The summed E-state index contributed by atoms with van der Waals surface area (Å²) in [6, 6.07) is 59.0. The first-order chi connectivity index (χ1) is 22.3. The fourth-order valence-electron chi connectivity index (χ4n) is 6.75. The molecule has 1 nitrogen and oxygen atoms in total. The van der Waals surface area contributed by atoms with E-state index in [9.17, 15) is 0 Å². The van der Waals surface area contributed by atoms with E-state index in [1.54, 1.807) is 0 Å². The second-order valence-electron chi connectivity index (χ2n) is 11.5. The summed E-state index contributed by atoms with van der Waals surface area (Å²) >= 11 is 1.89. The van der Waals surface area contributed by atoms with E-state index in [2.05, 4.69) is 164 Å². The van der Waals surface area contributed by atoms with Crippen LogP contribution < -0.4 is 0 Å². The molecular weight excluding hydrogens is 563 g/mol. The zero-order chi connectivity index (χ0) is 29.7. The molecule has 0 saturated heterocycles. The number of nitrogens with zero attached hydrogens (tertiary/aromatic N) is 1. The molecule has 0 amide bonds. The van der Waals surface area contributed by atoms with Crippen molar-refractivity contribution in [2.45, 2.75) is 0 Å². The minimum Gasteiger partial charge on any atom is -0.247 e. The topological polar surface area (TPSA) is 12.9 Å². The van der Waals surface area contributed by atoms with Crippen molar-refractivity contribution in [3.8, 4) is 44.6 Å². The van der Waals surface area contributed by atoms with Gasteiger partial charge in [0, 0.05) is 41.9 Å². The van der Waals surface area contributed by atoms with Crippen molar-refractivity contribution in [1.82, 2.24) is 4.98 Å². The van der Waals surface area contributed by atoms with E-state index in [0.29, 0.717) is 0 Å². The molecule has 0 spiro atoms. The normalized spacial score (nSPS) is 11.6. The Morgan fingerprint density at radius 2 is 0.956 bits per heavy atom. The smallest absolute Gasteiger partial charge is 0.0788 e. The number of rotatable bonds is 4. The van der Waals surface area contributed by atoms with Crippen LogP contribution in [0.4, 0.5) is 0 Å². The zero-order valence-corrected chi connectivity index (χ0v) is 25.3. The molecule has 0 bridgehead atoms. The molecule has 0 fully saturated rings. The Labute approximate surface area is 265 Å². The Morgan fingerprint density at radius 1 is 0.378 bits per heavy atom. The molecular formula is C43H27NS. The molecule has 0 atom stereocenters. The van der Waals surface area contributed by atoms with E-state index in [-0.39, 0.29) is 0 Å². The second kappa shape index (κ2) is 10.6. The number of benzene rings is 7.